The van der Waals surface area contributed by atoms with Crippen molar-refractivity contribution in [3.8, 4) is 0 Å². The number of hydrogen-bond acceptors (Lipinski definition) is 4. The summed E-state index contributed by atoms with van der Waals surface area (Å²) in [6.45, 7) is 7.29. The number of piperidine rings is 1. The van der Waals surface area contributed by atoms with E-state index in [0.717, 1.165) is 11.3 Å². The molecule has 1 aliphatic rings. The van der Waals surface area contributed by atoms with E-state index in [1.807, 2.05) is 38.1 Å². The highest BCUT2D eigenvalue weighted by Gasteiger charge is 2.27. The molecule has 7 nitrogen and oxygen atoms in total. The lowest BCUT2D eigenvalue weighted by Gasteiger charge is -2.30. The van der Waals surface area contributed by atoms with Gasteiger partial charge in [0.15, 0.2) is 0 Å². The van der Waals surface area contributed by atoms with Crippen molar-refractivity contribution in [1.82, 2.24) is 10.2 Å². The van der Waals surface area contributed by atoms with E-state index in [1.165, 1.54) is 0 Å². The molecule has 0 unspecified atom stereocenters. The standard InChI is InChI=1S/C20H29N3O4/c1-4-27-20(26)23-10-8-16(9-11-23)19(25)21-13-15-6-5-7-17(12-15)22-18(24)14(2)3/h5-7,12,14,16H,4,8-11,13H2,1-3H3,(H,21,25)(H,22,24). The van der Waals surface area contributed by atoms with Crippen molar-refractivity contribution < 1.29 is 19.1 Å². The predicted molar refractivity (Wildman–Crippen MR) is 103 cm³/mol. The lowest BCUT2D eigenvalue weighted by Crippen LogP contribution is -2.43. The first kappa shape index (κ1) is 20.7. The van der Waals surface area contributed by atoms with Gasteiger partial charge in [-0.15, -0.1) is 0 Å². The Morgan fingerprint density at radius 1 is 1.22 bits per heavy atom. The maximum atomic E-state index is 12.4. The second-order valence-corrected chi connectivity index (χ2v) is 7.02. The highest BCUT2D eigenvalue weighted by Crippen LogP contribution is 2.18. The summed E-state index contributed by atoms with van der Waals surface area (Å²) in [7, 11) is 0. The molecule has 7 heteroatoms. The molecule has 1 aromatic carbocycles. The number of carbonyl (C=O) groups is 3. The number of nitrogens with one attached hydrogen (secondary N) is 2. The van der Waals surface area contributed by atoms with Gasteiger partial charge in [-0.1, -0.05) is 26.0 Å². The van der Waals surface area contributed by atoms with E-state index in [0.29, 0.717) is 39.1 Å². The molecule has 2 N–H and O–H groups in total. The van der Waals surface area contributed by atoms with Gasteiger partial charge in [-0.2, -0.15) is 0 Å². The van der Waals surface area contributed by atoms with Crippen LogP contribution in [0.1, 0.15) is 39.2 Å². The number of nitrogens with zero attached hydrogens (tertiary/aromatic N) is 1. The SMILES string of the molecule is CCOC(=O)N1CCC(C(=O)NCc2cccc(NC(=O)C(C)C)c2)CC1. The van der Waals surface area contributed by atoms with Gasteiger partial charge in [0, 0.05) is 37.2 Å². The van der Waals surface area contributed by atoms with Crippen molar-refractivity contribution in [3.63, 3.8) is 0 Å². The number of carbonyl (C=O) groups excluding carboxylic acids is 3. The zero-order chi connectivity index (χ0) is 19.8. The Balaban J connectivity index is 1.81. The van der Waals surface area contributed by atoms with Crippen molar-refractivity contribution in [3.05, 3.63) is 29.8 Å². The van der Waals surface area contributed by atoms with Crippen LogP contribution < -0.4 is 10.6 Å². The molecule has 0 radical (unpaired) electrons. The van der Waals surface area contributed by atoms with Crippen molar-refractivity contribution in [2.75, 3.05) is 25.0 Å². The molecule has 148 valence electrons. The van der Waals surface area contributed by atoms with Crippen LogP contribution >= 0.6 is 0 Å². The topological polar surface area (TPSA) is 87.7 Å². The Morgan fingerprint density at radius 2 is 1.93 bits per heavy atom. The van der Waals surface area contributed by atoms with Gasteiger partial charge in [0.1, 0.15) is 0 Å². The van der Waals surface area contributed by atoms with Crippen LogP contribution in [-0.4, -0.2) is 42.5 Å². The fraction of sp³-hybridized carbons (Fsp3) is 0.550. The van der Waals surface area contributed by atoms with Crippen LogP contribution in [0, 0.1) is 11.8 Å². The number of hydrogen-bond donors (Lipinski definition) is 2. The largest absolute Gasteiger partial charge is 0.450 e. The van der Waals surface area contributed by atoms with Gasteiger partial charge < -0.3 is 20.3 Å². The zero-order valence-electron chi connectivity index (χ0n) is 16.3. The summed E-state index contributed by atoms with van der Waals surface area (Å²) in [5, 5.41) is 5.81. The molecule has 1 aromatic rings. The number of anilines is 1. The molecule has 0 bridgehead atoms. The van der Waals surface area contributed by atoms with E-state index in [4.69, 9.17) is 4.74 Å². The second-order valence-electron chi connectivity index (χ2n) is 7.02. The molecular formula is C20H29N3O4. The van der Waals surface area contributed by atoms with Crippen molar-refractivity contribution in [2.24, 2.45) is 11.8 Å². The van der Waals surface area contributed by atoms with Gasteiger partial charge in [-0.25, -0.2) is 4.79 Å². The van der Waals surface area contributed by atoms with E-state index in [1.54, 1.807) is 11.8 Å². The Labute approximate surface area is 160 Å². The molecule has 0 atom stereocenters. The number of benzene rings is 1. The molecule has 0 aromatic heterocycles. The van der Waals surface area contributed by atoms with Crippen molar-refractivity contribution in [1.29, 1.82) is 0 Å². The number of ether oxygens (including phenoxy) is 1. The average Bonchev–Trinajstić information content (AvgIpc) is 2.66. The fourth-order valence-corrected chi connectivity index (χ4v) is 2.92. The highest BCUT2D eigenvalue weighted by atomic mass is 16.6. The first-order valence-corrected chi connectivity index (χ1v) is 9.50. The molecule has 0 spiro atoms. The Bertz CT molecular complexity index is 667. The molecule has 1 saturated heterocycles. The van der Waals surface area contributed by atoms with Gasteiger partial charge >= 0.3 is 6.09 Å². The third-order valence-corrected chi connectivity index (χ3v) is 4.58. The van der Waals surface area contributed by atoms with E-state index in [-0.39, 0.29) is 29.7 Å². The van der Waals surface area contributed by atoms with Crippen LogP contribution in [0.15, 0.2) is 24.3 Å². The van der Waals surface area contributed by atoms with Gasteiger partial charge in [-0.05, 0) is 37.5 Å². The summed E-state index contributed by atoms with van der Waals surface area (Å²) in [6, 6.07) is 7.46. The first-order chi connectivity index (χ1) is 12.9. The van der Waals surface area contributed by atoms with Gasteiger partial charge in [-0.3, -0.25) is 9.59 Å². The smallest absolute Gasteiger partial charge is 0.409 e. The van der Waals surface area contributed by atoms with Crippen molar-refractivity contribution in [2.45, 2.75) is 40.2 Å². The predicted octanol–water partition coefficient (Wildman–Crippen LogP) is 2.77. The fourth-order valence-electron chi connectivity index (χ4n) is 2.92. The van der Waals surface area contributed by atoms with Gasteiger partial charge in [0.05, 0.1) is 6.61 Å². The average molecular weight is 375 g/mol. The van der Waals surface area contributed by atoms with E-state index in [9.17, 15) is 14.4 Å². The van der Waals surface area contributed by atoms with Crippen LogP contribution in [0.4, 0.5) is 10.5 Å². The highest BCUT2D eigenvalue weighted by molar-refractivity contribution is 5.92. The van der Waals surface area contributed by atoms with E-state index in [2.05, 4.69) is 10.6 Å². The lowest BCUT2D eigenvalue weighted by atomic mass is 9.96. The summed E-state index contributed by atoms with van der Waals surface area (Å²) >= 11 is 0. The molecular weight excluding hydrogens is 346 g/mol. The van der Waals surface area contributed by atoms with Crippen LogP contribution in [0.5, 0.6) is 0 Å². The van der Waals surface area contributed by atoms with Crippen LogP contribution in [0.3, 0.4) is 0 Å². The second kappa shape index (κ2) is 9.94. The molecule has 1 aliphatic heterocycles. The Kier molecular flexibility index (Phi) is 7.64. The van der Waals surface area contributed by atoms with Gasteiger partial charge in [0.25, 0.3) is 0 Å². The molecule has 1 heterocycles. The maximum absolute atomic E-state index is 12.4. The molecule has 2 rings (SSSR count). The lowest BCUT2D eigenvalue weighted by molar-refractivity contribution is -0.126. The number of amides is 3. The summed E-state index contributed by atoms with van der Waals surface area (Å²) in [5.74, 6) is -0.229. The zero-order valence-corrected chi connectivity index (χ0v) is 16.3. The first-order valence-electron chi connectivity index (χ1n) is 9.50. The summed E-state index contributed by atoms with van der Waals surface area (Å²) in [4.78, 5) is 37.6. The summed E-state index contributed by atoms with van der Waals surface area (Å²) < 4.78 is 4.99. The Morgan fingerprint density at radius 3 is 2.56 bits per heavy atom. The minimum absolute atomic E-state index is 0.00451. The number of rotatable bonds is 6. The minimum atomic E-state index is -0.309. The molecule has 1 fully saturated rings. The van der Waals surface area contributed by atoms with Gasteiger partial charge in [0.2, 0.25) is 11.8 Å². The van der Waals surface area contributed by atoms with Crippen LogP contribution in [0.25, 0.3) is 0 Å². The summed E-state index contributed by atoms with van der Waals surface area (Å²) in [5.41, 5.74) is 1.65. The third kappa shape index (κ3) is 6.27. The molecule has 0 saturated carbocycles. The van der Waals surface area contributed by atoms with Crippen LogP contribution in [-0.2, 0) is 20.9 Å². The normalized spacial score (nSPS) is 14.7. The molecule has 27 heavy (non-hydrogen) atoms. The molecule has 0 aliphatic carbocycles. The number of likely N-dealkylation sites (tertiary alicyclic amines) is 1. The van der Waals surface area contributed by atoms with E-state index < -0.39 is 0 Å². The molecule has 3 amide bonds. The maximum Gasteiger partial charge on any atom is 0.409 e. The van der Waals surface area contributed by atoms with Crippen LogP contribution in [0.2, 0.25) is 0 Å². The monoisotopic (exact) mass is 375 g/mol. The quantitative estimate of drug-likeness (QED) is 0.800. The Hall–Kier alpha value is -2.57. The van der Waals surface area contributed by atoms with E-state index >= 15 is 0 Å². The third-order valence-electron chi connectivity index (χ3n) is 4.58. The van der Waals surface area contributed by atoms with Crippen molar-refractivity contribution >= 4 is 23.6 Å². The minimum Gasteiger partial charge on any atom is -0.450 e. The summed E-state index contributed by atoms with van der Waals surface area (Å²) in [6.07, 6.45) is 0.959.